The van der Waals surface area contributed by atoms with Crippen LogP contribution < -0.4 is 4.74 Å². The van der Waals surface area contributed by atoms with Crippen LogP contribution in [0.3, 0.4) is 0 Å². The molecule has 0 bridgehead atoms. The molecule has 1 aliphatic heterocycles. The Morgan fingerprint density at radius 3 is 2.78 bits per heavy atom. The van der Waals surface area contributed by atoms with Gasteiger partial charge in [-0.1, -0.05) is 23.4 Å². The lowest BCUT2D eigenvalue weighted by Crippen LogP contribution is -2.40. The Bertz CT molecular complexity index is 1090. The quantitative estimate of drug-likeness (QED) is 0.571. The van der Waals surface area contributed by atoms with Gasteiger partial charge in [-0.15, -0.1) is 0 Å². The highest BCUT2D eigenvalue weighted by Crippen LogP contribution is 2.29. The number of para-hydroxylation sites is 1. The lowest BCUT2D eigenvalue weighted by atomic mass is 9.92. The molecule has 1 fully saturated rings. The van der Waals surface area contributed by atoms with Gasteiger partial charge in [0.25, 0.3) is 0 Å². The van der Waals surface area contributed by atoms with E-state index in [9.17, 15) is 4.79 Å². The van der Waals surface area contributed by atoms with E-state index in [0.717, 1.165) is 65.5 Å². The average molecular weight is 434 g/mol. The number of piperidine rings is 1. The van der Waals surface area contributed by atoms with Crippen molar-refractivity contribution in [2.24, 2.45) is 0 Å². The zero-order chi connectivity index (χ0) is 22.7. The molecule has 0 radical (unpaired) electrons. The number of benzene rings is 1. The van der Waals surface area contributed by atoms with E-state index < -0.39 is 0 Å². The fraction of sp³-hybridized carbons (Fsp3) is 0.423. The number of nitrogens with zero attached hydrogens (tertiary/aromatic N) is 3. The summed E-state index contributed by atoms with van der Waals surface area (Å²) in [7, 11) is 1.71. The molecule has 3 aromatic rings. The molecule has 0 unspecified atom stereocenters. The Morgan fingerprint density at radius 2 is 2.03 bits per heavy atom. The number of hydrogen-bond donors (Lipinski definition) is 0. The smallest absolute Gasteiger partial charge is 0.227 e. The first kappa shape index (κ1) is 22.1. The molecule has 0 spiro atoms. The average Bonchev–Trinajstić information content (AvgIpc) is 3.11. The third-order valence-corrected chi connectivity index (χ3v) is 6.32. The SMILES string of the molecule is COc1ccccc1Cc1cc(C)nc([C@@H]2CCCN(C(=O)Cc3c(C)noc3C)C2)c1. The lowest BCUT2D eigenvalue weighted by Gasteiger charge is -2.33. The Labute approximate surface area is 189 Å². The van der Waals surface area contributed by atoms with Gasteiger partial charge in [0.05, 0.1) is 19.2 Å². The molecule has 0 N–H and O–H groups in total. The number of pyridine rings is 1. The van der Waals surface area contributed by atoms with Crippen molar-refractivity contribution in [1.82, 2.24) is 15.0 Å². The van der Waals surface area contributed by atoms with Crippen LogP contribution in [0.2, 0.25) is 0 Å². The molecule has 6 nitrogen and oxygen atoms in total. The summed E-state index contributed by atoms with van der Waals surface area (Å²) < 4.78 is 10.7. The fourth-order valence-corrected chi connectivity index (χ4v) is 4.61. The highest BCUT2D eigenvalue weighted by atomic mass is 16.5. The second-order valence-corrected chi connectivity index (χ2v) is 8.69. The van der Waals surface area contributed by atoms with Gasteiger partial charge in [-0.25, -0.2) is 0 Å². The largest absolute Gasteiger partial charge is 0.496 e. The van der Waals surface area contributed by atoms with Gasteiger partial charge in [-0.05, 0) is 62.9 Å². The molecule has 4 rings (SSSR count). The number of aromatic nitrogens is 2. The number of likely N-dealkylation sites (tertiary alicyclic amines) is 1. The van der Waals surface area contributed by atoms with E-state index in [-0.39, 0.29) is 11.8 Å². The van der Waals surface area contributed by atoms with Crippen LogP contribution in [-0.2, 0) is 17.6 Å². The van der Waals surface area contributed by atoms with Crippen LogP contribution in [0.15, 0.2) is 40.9 Å². The zero-order valence-electron chi connectivity index (χ0n) is 19.4. The summed E-state index contributed by atoms with van der Waals surface area (Å²) in [6.07, 6.45) is 3.16. The molecular weight excluding hydrogens is 402 g/mol. The third-order valence-electron chi connectivity index (χ3n) is 6.32. The minimum Gasteiger partial charge on any atom is -0.496 e. The normalized spacial score (nSPS) is 16.2. The van der Waals surface area contributed by atoms with Crippen LogP contribution in [0.1, 0.15) is 58.3 Å². The van der Waals surface area contributed by atoms with Crippen molar-refractivity contribution in [3.63, 3.8) is 0 Å². The Morgan fingerprint density at radius 1 is 1.22 bits per heavy atom. The first-order chi connectivity index (χ1) is 15.4. The van der Waals surface area contributed by atoms with E-state index in [1.807, 2.05) is 43.9 Å². The van der Waals surface area contributed by atoms with E-state index in [1.165, 1.54) is 5.56 Å². The lowest BCUT2D eigenvalue weighted by molar-refractivity contribution is -0.131. The van der Waals surface area contributed by atoms with Crippen molar-refractivity contribution < 1.29 is 14.1 Å². The summed E-state index contributed by atoms with van der Waals surface area (Å²) in [5.74, 6) is 2.00. The van der Waals surface area contributed by atoms with Crippen LogP contribution in [0, 0.1) is 20.8 Å². The Hall–Kier alpha value is -3.15. The molecule has 1 amide bonds. The number of amides is 1. The van der Waals surface area contributed by atoms with Crippen LogP contribution in [0.4, 0.5) is 0 Å². The van der Waals surface area contributed by atoms with E-state index in [0.29, 0.717) is 13.0 Å². The highest BCUT2D eigenvalue weighted by molar-refractivity contribution is 5.79. The maximum Gasteiger partial charge on any atom is 0.227 e. The first-order valence-corrected chi connectivity index (χ1v) is 11.2. The molecule has 1 aliphatic rings. The van der Waals surface area contributed by atoms with E-state index in [1.54, 1.807) is 7.11 Å². The van der Waals surface area contributed by atoms with Gasteiger partial charge >= 0.3 is 0 Å². The number of hydrogen-bond acceptors (Lipinski definition) is 5. The molecule has 1 saturated heterocycles. The Kier molecular flexibility index (Phi) is 6.58. The number of rotatable bonds is 6. The van der Waals surface area contributed by atoms with Crippen molar-refractivity contribution in [3.05, 3.63) is 75.9 Å². The number of carbonyl (C=O) groups excluding carboxylic acids is 1. The van der Waals surface area contributed by atoms with Gasteiger partial charge < -0.3 is 14.2 Å². The first-order valence-electron chi connectivity index (χ1n) is 11.2. The summed E-state index contributed by atoms with van der Waals surface area (Å²) in [5.41, 5.74) is 6.16. The van der Waals surface area contributed by atoms with Crippen LogP contribution in [0.25, 0.3) is 0 Å². The topological polar surface area (TPSA) is 68.5 Å². The number of aryl methyl sites for hydroxylation is 3. The molecule has 0 saturated carbocycles. The third kappa shape index (κ3) is 4.85. The van der Waals surface area contributed by atoms with Crippen molar-refractivity contribution in [2.75, 3.05) is 20.2 Å². The van der Waals surface area contributed by atoms with Gasteiger partial charge in [0.15, 0.2) is 0 Å². The maximum atomic E-state index is 13.0. The molecule has 3 heterocycles. The predicted molar refractivity (Wildman–Crippen MR) is 123 cm³/mol. The molecule has 6 heteroatoms. The monoisotopic (exact) mass is 433 g/mol. The van der Waals surface area contributed by atoms with Crippen molar-refractivity contribution >= 4 is 5.91 Å². The second kappa shape index (κ2) is 9.55. The van der Waals surface area contributed by atoms with Gasteiger partial charge in [0, 0.05) is 42.4 Å². The van der Waals surface area contributed by atoms with Gasteiger partial charge in [-0.2, -0.15) is 0 Å². The summed E-state index contributed by atoms with van der Waals surface area (Å²) in [6, 6.07) is 12.5. The molecular formula is C26H31N3O3. The van der Waals surface area contributed by atoms with Gasteiger partial charge in [0.1, 0.15) is 11.5 Å². The van der Waals surface area contributed by atoms with Crippen LogP contribution >= 0.6 is 0 Å². The van der Waals surface area contributed by atoms with Crippen molar-refractivity contribution in [1.29, 1.82) is 0 Å². The number of methoxy groups -OCH3 is 1. The molecule has 32 heavy (non-hydrogen) atoms. The fourth-order valence-electron chi connectivity index (χ4n) is 4.61. The zero-order valence-corrected chi connectivity index (χ0v) is 19.4. The molecule has 168 valence electrons. The number of ether oxygens (including phenoxy) is 1. The van der Waals surface area contributed by atoms with E-state index in [2.05, 4.69) is 23.4 Å². The van der Waals surface area contributed by atoms with Crippen LogP contribution in [0.5, 0.6) is 5.75 Å². The van der Waals surface area contributed by atoms with E-state index >= 15 is 0 Å². The number of carbonyl (C=O) groups is 1. The van der Waals surface area contributed by atoms with Gasteiger partial charge in [0.2, 0.25) is 5.91 Å². The van der Waals surface area contributed by atoms with Crippen molar-refractivity contribution in [2.45, 2.75) is 52.4 Å². The van der Waals surface area contributed by atoms with Gasteiger partial charge in [-0.3, -0.25) is 9.78 Å². The molecule has 2 aromatic heterocycles. The molecule has 1 atom stereocenters. The van der Waals surface area contributed by atoms with Crippen molar-refractivity contribution in [3.8, 4) is 5.75 Å². The maximum absolute atomic E-state index is 13.0. The standard InChI is InChI=1S/C26H31N3O3/c1-17-12-20(13-21-8-5-6-10-25(21)31-4)14-24(27-17)22-9-7-11-29(16-22)26(30)15-23-18(2)28-32-19(23)3/h5-6,8,10,12,14,22H,7,9,11,13,15-16H2,1-4H3/t22-/m1/s1. The molecule has 1 aromatic carbocycles. The Balaban J connectivity index is 1.50. The minimum atomic E-state index is 0.131. The summed E-state index contributed by atoms with van der Waals surface area (Å²) in [4.78, 5) is 19.8. The highest BCUT2D eigenvalue weighted by Gasteiger charge is 2.27. The minimum absolute atomic E-state index is 0.131. The summed E-state index contributed by atoms with van der Waals surface area (Å²) >= 11 is 0. The second-order valence-electron chi connectivity index (χ2n) is 8.69. The van der Waals surface area contributed by atoms with E-state index in [4.69, 9.17) is 14.2 Å². The summed E-state index contributed by atoms with van der Waals surface area (Å²) in [5, 5.41) is 3.98. The predicted octanol–water partition coefficient (Wildman–Crippen LogP) is 4.54. The molecule has 0 aliphatic carbocycles. The van der Waals surface area contributed by atoms with Crippen LogP contribution in [-0.4, -0.2) is 41.1 Å². The summed E-state index contributed by atoms with van der Waals surface area (Å²) in [6.45, 7) is 7.28.